The minimum atomic E-state index is -0.405. The van der Waals surface area contributed by atoms with E-state index < -0.39 is 6.03 Å². The summed E-state index contributed by atoms with van der Waals surface area (Å²) in [7, 11) is 1.50. The first-order valence-corrected chi connectivity index (χ1v) is 6.79. The standard InChI is InChI=1S/C15H15N5O.CH5N/c16-9-10-3-1-5-12(7-10)19-15(21)20-13-6-2-4-11(8-13)14(17)18;1-2/h1-9,16H,(H3,17,18)(H2,19,20,21);2H2,1H3. The number of amides is 2. The number of hydrogen-bond donors (Lipinski definition) is 6. The molecule has 0 aromatic heterocycles. The summed E-state index contributed by atoms with van der Waals surface area (Å²) in [5.41, 5.74) is 12.3. The molecule has 120 valence electrons. The highest BCUT2D eigenvalue weighted by Gasteiger charge is 2.04. The summed E-state index contributed by atoms with van der Waals surface area (Å²) < 4.78 is 0. The summed E-state index contributed by atoms with van der Waals surface area (Å²) in [5.74, 6) is -0.0576. The third-order valence-electron chi connectivity index (χ3n) is 2.74. The molecular formula is C16H20N6O. The van der Waals surface area contributed by atoms with Crippen molar-refractivity contribution in [1.29, 1.82) is 10.8 Å². The second-order valence-corrected chi connectivity index (χ2v) is 4.34. The fourth-order valence-corrected chi connectivity index (χ4v) is 1.76. The lowest BCUT2D eigenvalue weighted by Gasteiger charge is -2.09. The molecule has 2 rings (SSSR count). The van der Waals surface area contributed by atoms with Gasteiger partial charge in [-0.1, -0.05) is 24.3 Å². The molecule has 2 aromatic rings. The Kier molecular flexibility index (Phi) is 6.96. The highest BCUT2D eigenvalue weighted by atomic mass is 16.2. The normalized spacial score (nSPS) is 9.13. The van der Waals surface area contributed by atoms with Crippen molar-refractivity contribution in [3.63, 3.8) is 0 Å². The van der Waals surface area contributed by atoms with Gasteiger partial charge in [-0.3, -0.25) is 5.41 Å². The van der Waals surface area contributed by atoms with Crippen LogP contribution < -0.4 is 22.1 Å². The lowest BCUT2D eigenvalue weighted by molar-refractivity contribution is 0.262. The van der Waals surface area contributed by atoms with Crippen molar-refractivity contribution in [2.45, 2.75) is 0 Å². The van der Waals surface area contributed by atoms with Crippen molar-refractivity contribution in [3.05, 3.63) is 59.7 Å². The van der Waals surface area contributed by atoms with Crippen molar-refractivity contribution in [3.8, 4) is 0 Å². The predicted molar refractivity (Wildman–Crippen MR) is 94.5 cm³/mol. The molecule has 7 heteroatoms. The number of carbonyl (C=O) groups is 1. The zero-order valence-electron chi connectivity index (χ0n) is 12.8. The Hall–Kier alpha value is -3.19. The van der Waals surface area contributed by atoms with E-state index in [0.717, 1.165) is 0 Å². The van der Waals surface area contributed by atoms with Crippen molar-refractivity contribution >= 4 is 29.5 Å². The maximum atomic E-state index is 11.9. The predicted octanol–water partition coefficient (Wildman–Crippen LogP) is 2.19. The van der Waals surface area contributed by atoms with Crippen molar-refractivity contribution < 1.29 is 4.79 Å². The summed E-state index contributed by atoms with van der Waals surface area (Å²) in [6.07, 6.45) is 1.21. The molecule has 0 aliphatic heterocycles. The molecule has 0 aliphatic rings. The van der Waals surface area contributed by atoms with Crippen LogP contribution in [0.2, 0.25) is 0 Å². The molecule has 0 spiro atoms. The van der Waals surface area contributed by atoms with E-state index in [0.29, 0.717) is 22.5 Å². The number of nitrogens with two attached hydrogens (primary N) is 2. The van der Waals surface area contributed by atoms with E-state index in [2.05, 4.69) is 16.4 Å². The Morgan fingerprint density at radius 3 is 2.17 bits per heavy atom. The van der Waals surface area contributed by atoms with E-state index in [-0.39, 0.29) is 5.84 Å². The lowest BCUT2D eigenvalue weighted by Crippen LogP contribution is -2.20. The van der Waals surface area contributed by atoms with Crippen LogP contribution in [0.25, 0.3) is 0 Å². The van der Waals surface area contributed by atoms with E-state index in [4.69, 9.17) is 16.6 Å². The van der Waals surface area contributed by atoms with Crippen LogP contribution in [0.1, 0.15) is 11.1 Å². The number of anilines is 2. The summed E-state index contributed by atoms with van der Waals surface area (Å²) in [4.78, 5) is 11.9. The van der Waals surface area contributed by atoms with Gasteiger partial charge in [0.25, 0.3) is 0 Å². The lowest BCUT2D eigenvalue weighted by atomic mass is 10.2. The van der Waals surface area contributed by atoms with Gasteiger partial charge in [0, 0.05) is 23.2 Å². The molecule has 0 unspecified atom stereocenters. The second-order valence-electron chi connectivity index (χ2n) is 4.34. The fourth-order valence-electron chi connectivity index (χ4n) is 1.76. The zero-order valence-corrected chi connectivity index (χ0v) is 12.8. The van der Waals surface area contributed by atoms with Crippen LogP contribution in [0.3, 0.4) is 0 Å². The largest absolute Gasteiger partial charge is 0.384 e. The molecule has 0 saturated heterocycles. The first-order chi connectivity index (χ1) is 11.1. The fraction of sp³-hybridized carbons (Fsp3) is 0.0625. The zero-order chi connectivity index (χ0) is 17.2. The average Bonchev–Trinajstić information content (AvgIpc) is 2.57. The van der Waals surface area contributed by atoms with Crippen LogP contribution in [0.4, 0.5) is 16.2 Å². The average molecular weight is 312 g/mol. The van der Waals surface area contributed by atoms with Gasteiger partial charge in [-0.15, -0.1) is 0 Å². The second kappa shape index (κ2) is 8.96. The molecule has 2 aromatic carbocycles. The van der Waals surface area contributed by atoms with Crippen LogP contribution in [-0.4, -0.2) is 25.1 Å². The highest BCUT2D eigenvalue weighted by molar-refractivity contribution is 6.01. The molecule has 0 heterocycles. The third-order valence-corrected chi connectivity index (χ3v) is 2.74. The number of urea groups is 1. The minimum Gasteiger partial charge on any atom is -0.384 e. The Balaban J connectivity index is 0.00000127. The first-order valence-electron chi connectivity index (χ1n) is 6.79. The summed E-state index contributed by atoms with van der Waals surface area (Å²) in [6, 6.07) is 13.3. The molecular weight excluding hydrogens is 292 g/mol. The third kappa shape index (κ3) is 5.60. The Morgan fingerprint density at radius 1 is 1.04 bits per heavy atom. The van der Waals surface area contributed by atoms with Crippen LogP contribution >= 0.6 is 0 Å². The Bertz CT molecular complexity index is 698. The van der Waals surface area contributed by atoms with Crippen LogP contribution in [0.15, 0.2) is 48.5 Å². The summed E-state index contributed by atoms with van der Waals surface area (Å²) in [6.45, 7) is 0. The van der Waals surface area contributed by atoms with Gasteiger partial charge >= 0.3 is 6.03 Å². The molecule has 0 bridgehead atoms. The van der Waals surface area contributed by atoms with Crippen molar-refractivity contribution in [2.24, 2.45) is 11.5 Å². The molecule has 0 fully saturated rings. The van der Waals surface area contributed by atoms with Gasteiger partial charge in [-0.05, 0) is 36.9 Å². The van der Waals surface area contributed by atoms with E-state index >= 15 is 0 Å². The topological polar surface area (TPSA) is 141 Å². The molecule has 0 saturated carbocycles. The van der Waals surface area contributed by atoms with E-state index in [1.165, 1.54) is 13.3 Å². The first kappa shape index (κ1) is 17.9. The maximum absolute atomic E-state index is 11.9. The van der Waals surface area contributed by atoms with Crippen LogP contribution in [0, 0.1) is 10.8 Å². The highest BCUT2D eigenvalue weighted by Crippen LogP contribution is 2.12. The number of amidine groups is 1. The molecule has 2 amide bonds. The van der Waals surface area contributed by atoms with Gasteiger partial charge in [0.05, 0.1) is 0 Å². The summed E-state index contributed by atoms with van der Waals surface area (Å²) in [5, 5.41) is 19.9. The van der Waals surface area contributed by atoms with Gasteiger partial charge in [-0.2, -0.15) is 0 Å². The molecule has 0 radical (unpaired) electrons. The van der Waals surface area contributed by atoms with Gasteiger partial charge in [0.1, 0.15) is 5.84 Å². The molecule has 23 heavy (non-hydrogen) atoms. The summed E-state index contributed by atoms with van der Waals surface area (Å²) >= 11 is 0. The van der Waals surface area contributed by atoms with Crippen LogP contribution in [0.5, 0.6) is 0 Å². The Morgan fingerprint density at radius 2 is 1.61 bits per heavy atom. The molecule has 0 atom stereocenters. The minimum absolute atomic E-state index is 0.0576. The number of carbonyl (C=O) groups excluding carboxylic acids is 1. The Labute approximate surface area is 134 Å². The van der Waals surface area contributed by atoms with E-state index in [1.54, 1.807) is 48.5 Å². The number of nitrogen functional groups attached to an aromatic ring is 1. The van der Waals surface area contributed by atoms with Gasteiger partial charge < -0.3 is 27.5 Å². The molecule has 7 nitrogen and oxygen atoms in total. The molecule has 8 N–H and O–H groups in total. The van der Waals surface area contributed by atoms with E-state index in [1.807, 2.05) is 0 Å². The van der Waals surface area contributed by atoms with Crippen LogP contribution in [-0.2, 0) is 0 Å². The number of nitrogens with one attached hydrogen (secondary N) is 4. The monoisotopic (exact) mass is 312 g/mol. The van der Waals surface area contributed by atoms with Crippen molar-refractivity contribution in [2.75, 3.05) is 17.7 Å². The van der Waals surface area contributed by atoms with Gasteiger partial charge in [0.15, 0.2) is 0 Å². The quantitative estimate of drug-likeness (QED) is 0.380. The van der Waals surface area contributed by atoms with Crippen molar-refractivity contribution in [1.82, 2.24) is 0 Å². The van der Waals surface area contributed by atoms with Gasteiger partial charge in [0.2, 0.25) is 0 Å². The number of rotatable bonds is 4. The number of benzene rings is 2. The maximum Gasteiger partial charge on any atom is 0.323 e. The molecule has 0 aliphatic carbocycles. The van der Waals surface area contributed by atoms with E-state index in [9.17, 15) is 4.79 Å². The smallest absolute Gasteiger partial charge is 0.323 e. The number of hydrogen-bond acceptors (Lipinski definition) is 4. The van der Waals surface area contributed by atoms with Gasteiger partial charge in [-0.25, -0.2) is 4.79 Å². The SMILES string of the molecule is CN.N=Cc1cccc(NC(=O)Nc2cccc(C(=N)N)c2)c1.